The number of carbonyl (C=O) groups is 1. The van der Waals surface area contributed by atoms with Crippen LogP contribution in [0.3, 0.4) is 0 Å². The maximum Gasteiger partial charge on any atom is 0.412 e. The third kappa shape index (κ3) is 2.54. The lowest BCUT2D eigenvalue weighted by molar-refractivity contribution is -0.136. The number of fused-ring (bicyclic) bond motifs is 1. The van der Waals surface area contributed by atoms with Crippen LogP contribution in [0.4, 0.5) is 0 Å². The first-order valence-electron chi connectivity index (χ1n) is 5.43. The predicted molar refractivity (Wildman–Crippen MR) is 69.8 cm³/mol. The molecule has 0 saturated heterocycles. The summed E-state index contributed by atoms with van der Waals surface area (Å²) in [4.78, 5) is 10.6. The Morgan fingerprint density at radius 3 is 2.50 bits per heavy atom. The van der Waals surface area contributed by atoms with E-state index in [2.05, 4.69) is 0 Å². The molecule has 5 nitrogen and oxygen atoms in total. The number of hydrogen-bond acceptors (Lipinski definition) is 5. The Morgan fingerprint density at radius 1 is 1.22 bits per heavy atom. The molecule has 18 heavy (non-hydrogen) atoms. The van der Waals surface area contributed by atoms with Gasteiger partial charge in [-0.3, -0.25) is 4.79 Å². The first kappa shape index (κ1) is 13.0. The summed E-state index contributed by atoms with van der Waals surface area (Å²) in [6, 6.07) is 7.14. The van der Waals surface area contributed by atoms with Crippen LogP contribution in [0, 0.1) is 0 Å². The SMILES string of the molecule is O=C(O)CCc1c([B-](O)(O)O)sc2ccccc12. The Balaban J connectivity index is 2.54. The molecule has 0 bridgehead atoms. The Hall–Kier alpha value is -1.41. The molecule has 1 aromatic carbocycles. The zero-order valence-electron chi connectivity index (χ0n) is 9.41. The smallest absolute Gasteiger partial charge is 0.412 e. The summed E-state index contributed by atoms with van der Waals surface area (Å²) in [5.74, 6) is -0.969. The Bertz CT molecular complexity index is 587. The van der Waals surface area contributed by atoms with Crippen molar-refractivity contribution in [2.24, 2.45) is 0 Å². The van der Waals surface area contributed by atoms with Gasteiger partial charge < -0.3 is 20.2 Å². The molecule has 0 spiro atoms. The van der Waals surface area contributed by atoms with Crippen LogP contribution >= 0.6 is 11.3 Å². The van der Waals surface area contributed by atoms with Crippen LogP contribution in [-0.2, 0) is 11.2 Å². The van der Waals surface area contributed by atoms with Gasteiger partial charge >= 0.3 is 12.7 Å². The van der Waals surface area contributed by atoms with Crippen molar-refractivity contribution in [2.45, 2.75) is 12.8 Å². The highest BCUT2D eigenvalue weighted by atomic mass is 32.1. The van der Waals surface area contributed by atoms with Crippen LogP contribution in [0.1, 0.15) is 12.0 Å². The molecule has 0 aliphatic carbocycles. The second-order valence-corrected chi connectivity index (χ2v) is 5.15. The van der Waals surface area contributed by atoms with Gasteiger partial charge in [-0.05, 0) is 17.9 Å². The number of thiophene rings is 1. The van der Waals surface area contributed by atoms with E-state index in [1.165, 1.54) is 0 Å². The minimum atomic E-state index is -3.60. The molecule has 2 rings (SSSR count). The van der Waals surface area contributed by atoms with Gasteiger partial charge in [0.15, 0.2) is 0 Å². The topological polar surface area (TPSA) is 98.0 Å². The van der Waals surface area contributed by atoms with Gasteiger partial charge in [0.2, 0.25) is 0 Å². The quantitative estimate of drug-likeness (QED) is 0.586. The number of aliphatic carboxylic acids is 1. The number of hydrogen-bond donors (Lipinski definition) is 4. The number of carboxylic acids is 1. The number of aryl methyl sites for hydroxylation is 1. The van der Waals surface area contributed by atoms with Crippen molar-refractivity contribution in [3.8, 4) is 0 Å². The molecule has 0 radical (unpaired) electrons. The monoisotopic (exact) mass is 267 g/mol. The van der Waals surface area contributed by atoms with E-state index in [9.17, 15) is 19.9 Å². The Morgan fingerprint density at radius 2 is 1.89 bits per heavy atom. The molecule has 2 aromatic rings. The van der Waals surface area contributed by atoms with Gasteiger partial charge in [-0.15, -0.1) is 0 Å². The standard InChI is InChI=1S/C11H12BO5S/c13-10(14)6-5-8-7-3-1-2-4-9(7)18-11(8)12(15,16)17/h1-4,15-17H,5-6H2,(H,13,14)/q-1. The fourth-order valence-corrected chi connectivity index (χ4v) is 3.10. The lowest BCUT2D eigenvalue weighted by atomic mass is 9.75. The summed E-state index contributed by atoms with van der Waals surface area (Å²) in [6.45, 7) is -3.60. The Kier molecular flexibility index (Phi) is 3.40. The number of rotatable bonds is 4. The van der Waals surface area contributed by atoms with E-state index >= 15 is 0 Å². The van der Waals surface area contributed by atoms with Crippen molar-refractivity contribution >= 4 is 38.9 Å². The van der Waals surface area contributed by atoms with Gasteiger partial charge in [0.1, 0.15) is 0 Å². The molecule has 7 heteroatoms. The van der Waals surface area contributed by atoms with Crippen molar-refractivity contribution in [3.05, 3.63) is 29.8 Å². The van der Waals surface area contributed by atoms with E-state index in [1.54, 1.807) is 24.3 Å². The fraction of sp³-hybridized carbons (Fsp3) is 0.182. The van der Waals surface area contributed by atoms with Crippen molar-refractivity contribution < 1.29 is 25.0 Å². The molecule has 4 N–H and O–H groups in total. The van der Waals surface area contributed by atoms with E-state index in [4.69, 9.17) is 5.11 Å². The summed E-state index contributed by atoms with van der Waals surface area (Å²) >= 11 is 1.07. The normalized spacial score (nSPS) is 11.9. The average Bonchev–Trinajstić information content (AvgIpc) is 2.64. The highest BCUT2D eigenvalue weighted by molar-refractivity contribution is 7.29. The molecule has 0 unspecified atom stereocenters. The highest BCUT2D eigenvalue weighted by Gasteiger charge is 2.25. The molecule has 0 atom stereocenters. The van der Waals surface area contributed by atoms with Gasteiger partial charge in [-0.2, -0.15) is 11.3 Å². The van der Waals surface area contributed by atoms with Crippen molar-refractivity contribution in [1.82, 2.24) is 0 Å². The summed E-state index contributed by atoms with van der Waals surface area (Å²) in [5, 5.41) is 37.6. The molecule has 0 amide bonds. The van der Waals surface area contributed by atoms with E-state index in [0.717, 1.165) is 21.4 Å². The van der Waals surface area contributed by atoms with Gasteiger partial charge in [-0.1, -0.05) is 28.5 Å². The van der Waals surface area contributed by atoms with Crippen LogP contribution in [0.25, 0.3) is 10.1 Å². The van der Waals surface area contributed by atoms with Crippen LogP contribution < -0.4 is 4.78 Å². The summed E-state index contributed by atoms with van der Waals surface area (Å²) in [5.41, 5.74) is 0.491. The van der Waals surface area contributed by atoms with E-state index < -0.39 is 12.7 Å². The van der Waals surface area contributed by atoms with Gasteiger partial charge in [-0.25, -0.2) is 0 Å². The van der Waals surface area contributed by atoms with Crippen LogP contribution in [-0.4, -0.2) is 32.9 Å². The third-order valence-corrected chi connectivity index (χ3v) is 4.03. The summed E-state index contributed by atoms with van der Waals surface area (Å²) < 4.78 is 0.828. The van der Waals surface area contributed by atoms with Gasteiger partial charge in [0.05, 0.1) is 0 Å². The van der Waals surface area contributed by atoms with E-state index in [-0.39, 0.29) is 17.6 Å². The first-order valence-corrected chi connectivity index (χ1v) is 6.25. The largest absolute Gasteiger partial charge is 0.555 e. The highest BCUT2D eigenvalue weighted by Crippen LogP contribution is 2.26. The van der Waals surface area contributed by atoms with Crippen LogP contribution in [0.2, 0.25) is 0 Å². The molecular formula is C11H12BO5S-. The summed E-state index contributed by atoms with van der Waals surface area (Å²) in [7, 11) is 0. The maximum atomic E-state index is 10.6. The summed E-state index contributed by atoms with van der Waals surface area (Å²) in [6.07, 6.45) is 0.0275. The zero-order valence-corrected chi connectivity index (χ0v) is 10.2. The van der Waals surface area contributed by atoms with Crippen LogP contribution in [0.15, 0.2) is 24.3 Å². The molecular weight excluding hydrogens is 255 g/mol. The van der Waals surface area contributed by atoms with E-state index in [1.807, 2.05) is 0 Å². The lowest BCUT2D eigenvalue weighted by Gasteiger charge is -2.21. The minimum absolute atomic E-state index is 0.0393. The van der Waals surface area contributed by atoms with Crippen molar-refractivity contribution in [2.75, 3.05) is 0 Å². The minimum Gasteiger partial charge on any atom is -0.555 e. The lowest BCUT2D eigenvalue weighted by Crippen LogP contribution is -2.48. The molecule has 0 fully saturated rings. The predicted octanol–water partition coefficient (Wildman–Crippen LogP) is 0.0413. The molecule has 0 aliphatic rings. The molecule has 0 aliphatic heterocycles. The fourth-order valence-electron chi connectivity index (χ4n) is 1.92. The molecule has 0 saturated carbocycles. The molecule has 1 aromatic heterocycles. The second-order valence-electron chi connectivity index (χ2n) is 4.07. The van der Waals surface area contributed by atoms with Gasteiger partial charge in [0, 0.05) is 11.1 Å². The van der Waals surface area contributed by atoms with E-state index in [0.29, 0.717) is 5.56 Å². The zero-order chi connectivity index (χ0) is 13.3. The molecule has 1 heterocycles. The average molecular weight is 267 g/mol. The van der Waals surface area contributed by atoms with Gasteiger partial charge in [0.25, 0.3) is 0 Å². The third-order valence-electron chi connectivity index (χ3n) is 2.67. The Labute approximate surface area is 107 Å². The van der Waals surface area contributed by atoms with Crippen molar-refractivity contribution in [1.29, 1.82) is 0 Å². The molecule has 96 valence electrons. The maximum absolute atomic E-state index is 10.6. The second kappa shape index (κ2) is 4.70. The van der Waals surface area contributed by atoms with Crippen molar-refractivity contribution in [3.63, 3.8) is 0 Å². The van der Waals surface area contributed by atoms with Crippen LogP contribution in [0.5, 0.6) is 0 Å². The first-order chi connectivity index (χ1) is 8.39. The number of benzene rings is 1. The number of carboxylic acid groups (broad SMARTS) is 1.